The molecule has 1 fully saturated rings. The van der Waals surface area contributed by atoms with E-state index in [9.17, 15) is 9.59 Å². The lowest BCUT2D eigenvalue weighted by molar-refractivity contribution is 0.0950. The Hall–Kier alpha value is -2.02. The molecule has 0 radical (unpaired) electrons. The molecule has 1 heterocycles. The van der Waals surface area contributed by atoms with Crippen LogP contribution in [0.1, 0.15) is 59.8 Å². The third-order valence-electron chi connectivity index (χ3n) is 6.82. The molecule has 1 aliphatic rings. The number of rotatable bonds is 7. The lowest BCUT2D eigenvalue weighted by atomic mass is 9.89. The third kappa shape index (κ3) is 5.92. The first-order valence-electron chi connectivity index (χ1n) is 11.5. The average Bonchev–Trinajstić information content (AvgIpc) is 2.75. The van der Waals surface area contributed by atoms with E-state index >= 15 is 0 Å². The van der Waals surface area contributed by atoms with Crippen LogP contribution in [0.15, 0.2) is 23.0 Å². The highest BCUT2D eigenvalue weighted by molar-refractivity contribution is 6.31. The van der Waals surface area contributed by atoms with Gasteiger partial charge in [-0.25, -0.2) is 0 Å². The smallest absolute Gasteiger partial charge is 0.251 e. The highest BCUT2D eigenvalue weighted by Gasteiger charge is 2.28. The highest BCUT2D eigenvalue weighted by atomic mass is 35.5. The molecule has 1 saturated carbocycles. The molecule has 0 unspecified atom stereocenters. The van der Waals surface area contributed by atoms with Crippen molar-refractivity contribution < 1.29 is 4.79 Å². The molecule has 2 aromatic rings. The Bertz CT molecular complexity index is 1060. The molecular weight excluding hydrogens is 459 g/mol. The first-order chi connectivity index (χ1) is 15.6. The Kier molecular flexibility index (Phi) is 8.48. The summed E-state index contributed by atoms with van der Waals surface area (Å²) in [6.45, 7) is 6.84. The quantitative estimate of drug-likeness (QED) is 0.537. The number of carbonyl (C=O) groups is 1. The maximum Gasteiger partial charge on any atom is 0.251 e. The first-order valence-corrected chi connectivity index (χ1v) is 12.3. The molecule has 0 spiro atoms. The molecule has 1 aliphatic carbocycles. The van der Waals surface area contributed by atoms with Crippen LogP contribution < -0.4 is 15.6 Å². The maximum absolute atomic E-state index is 13.1. The van der Waals surface area contributed by atoms with Crippen LogP contribution in [0, 0.1) is 13.8 Å². The predicted octanol–water partition coefficient (Wildman–Crippen LogP) is 4.93. The number of anilines is 1. The molecule has 180 valence electrons. The lowest BCUT2D eigenvalue weighted by Gasteiger charge is -2.40. The van der Waals surface area contributed by atoms with Crippen LogP contribution in [0.5, 0.6) is 0 Å². The van der Waals surface area contributed by atoms with Gasteiger partial charge in [0.25, 0.3) is 5.91 Å². The van der Waals surface area contributed by atoms with Gasteiger partial charge < -0.3 is 20.1 Å². The molecule has 8 heteroatoms. The zero-order valence-electron chi connectivity index (χ0n) is 20.1. The minimum atomic E-state index is -0.252. The summed E-state index contributed by atoms with van der Waals surface area (Å²) in [5.41, 5.74) is 3.35. The van der Waals surface area contributed by atoms with E-state index in [0.717, 1.165) is 43.5 Å². The molecule has 2 N–H and O–H groups in total. The Balaban J connectivity index is 1.81. The van der Waals surface area contributed by atoms with E-state index in [2.05, 4.69) is 41.1 Å². The van der Waals surface area contributed by atoms with E-state index < -0.39 is 0 Å². The summed E-state index contributed by atoms with van der Waals surface area (Å²) in [7, 11) is 4.29. The number of pyridine rings is 1. The molecule has 0 bridgehead atoms. The third-order valence-corrected chi connectivity index (χ3v) is 7.24. The number of aryl methyl sites for hydroxylation is 1. The van der Waals surface area contributed by atoms with Crippen LogP contribution in [-0.2, 0) is 6.54 Å². The summed E-state index contributed by atoms with van der Waals surface area (Å²) in [5, 5.41) is 3.69. The Morgan fingerprint density at radius 1 is 1.09 bits per heavy atom. The van der Waals surface area contributed by atoms with Gasteiger partial charge in [0, 0.05) is 58.8 Å². The van der Waals surface area contributed by atoms with Crippen LogP contribution in [0.3, 0.4) is 0 Å². The van der Waals surface area contributed by atoms with Gasteiger partial charge in [-0.05, 0) is 78.2 Å². The molecule has 0 saturated heterocycles. The van der Waals surface area contributed by atoms with E-state index in [0.29, 0.717) is 33.9 Å². The van der Waals surface area contributed by atoms with Crippen molar-refractivity contribution in [2.45, 2.75) is 65.1 Å². The van der Waals surface area contributed by atoms with Crippen molar-refractivity contribution in [2.24, 2.45) is 0 Å². The number of amides is 1. The highest BCUT2D eigenvalue weighted by Crippen LogP contribution is 2.34. The molecule has 3 rings (SSSR count). The van der Waals surface area contributed by atoms with Gasteiger partial charge in [0.15, 0.2) is 5.43 Å². The van der Waals surface area contributed by atoms with E-state index in [1.54, 1.807) is 13.0 Å². The predicted molar refractivity (Wildman–Crippen MR) is 137 cm³/mol. The average molecular weight is 493 g/mol. The largest absolute Gasteiger partial charge is 0.369 e. The summed E-state index contributed by atoms with van der Waals surface area (Å²) in [5.74, 6) is -0.252. The second kappa shape index (κ2) is 10.9. The zero-order chi connectivity index (χ0) is 24.3. The normalized spacial score (nSPS) is 18.4. The van der Waals surface area contributed by atoms with Crippen LogP contribution in [0.4, 0.5) is 5.69 Å². The Labute approximate surface area is 206 Å². The van der Waals surface area contributed by atoms with E-state index in [-0.39, 0.29) is 23.0 Å². The Morgan fingerprint density at radius 3 is 2.30 bits per heavy atom. The standard InChI is InChI=1S/C25H34Cl2N4O2/c1-6-31(19-9-7-18(8-10-19)30(4)5)22-12-17(26)11-20(15(22)2)25(33)28-14-21-16(3)29-24(27)13-23(21)32/h11-13,18-19H,6-10,14H2,1-5H3,(H,28,33)(H,29,32). The van der Waals surface area contributed by atoms with Crippen molar-refractivity contribution in [3.05, 3.63) is 61.0 Å². The molecule has 0 atom stereocenters. The molecule has 1 aromatic heterocycles. The fourth-order valence-corrected chi connectivity index (χ4v) is 5.32. The number of hydrogen-bond donors (Lipinski definition) is 2. The van der Waals surface area contributed by atoms with Crippen molar-refractivity contribution in [1.82, 2.24) is 15.2 Å². The summed E-state index contributed by atoms with van der Waals surface area (Å²) < 4.78 is 0. The maximum atomic E-state index is 13.1. The minimum absolute atomic E-state index is 0.116. The van der Waals surface area contributed by atoms with Crippen molar-refractivity contribution in [3.8, 4) is 0 Å². The first kappa shape index (κ1) is 25.6. The van der Waals surface area contributed by atoms with Gasteiger partial charge >= 0.3 is 0 Å². The van der Waals surface area contributed by atoms with Gasteiger partial charge in [-0.2, -0.15) is 0 Å². The second-order valence-corrected chi connectivity index (χ2v) is 9.92. The van der Waals surface area contributed by atoms with Gasteiger partial charge in [-0.3, -0.25) is 9.59 Å². The van der Waals surface area contributed by atoms with Gasteiger partial charge in [-0.15, -0.1) is 0 Å². The van der Waals surface area contributed by atoms with Crippen LogP contribution in [0.2, 0.25) is 10.2 Å². The number of aromatic amines is 1. The molecule has 33 heavy (non-hydrogen) atoms. The number of aromatic nitrogens is 1. The minimum Gasteiger partial charge on any atom is -0.369 e. The summed E-state index contributed by atoms with van der Waals surface area (Å²) >= 11 is 12.4. The summed E-state index contributed by atoms with van der Waals surface area (Å²) in [4.78, 5) is 33.0. The van der Waals surface area contributed by atoms with Gasteiger partial charge in [0.1, 0.15) is 5.15 Å². The van der Waals surface area contributed by atoms with E-state index in [4.69, 9.17) is 23.2 Å². The van der Waals surface area contributed by atoms with Gasteiger partial charge in [0.2, 0.25) is 0 Å². The number of carbonyl (C=O) groups excluding carboxylic acids is 1. The Morgan fingerprint density at radius 2 is 1.73 bits per heavy atom. The fraction of sp³-hybridized carbons (Fsp3) is 0.520. The van der Waals surface area contributed by atoms with E-state index in [1.807, 2.05) is 13.0 Å². The number of nitrogens with zero attached hydrogens (tertiary/aromatic N) is 2. The van der Waals surface area contributed by atoms with Crippen LogP contribution >= 0.6 is 23.2 Å². The van der Waals surface area contributed by atoms with E-state index in [1.165, 1.54) is 6.07 Å². The van der Waals surface area contributed by atoms with Crippen molar-refractivity contribution in [3.63, 3.8) is 0 Å². The molecule has 1 aromatic carbocycles. The van der Waals surface area contributed by atoms with Gasteiger partial charge in [-0.1, -0.05) is 23.2 Å². The number of hydrogen-bond acceptors (Lipinski definition) is 4. The van der Waals surface area contributed by atoms with Gasteiger partial charge in [0.05, 0.1) is 0 Å². The van der Waals surface area contributed by atoms with Crippen LogP contribution in [-0.4, -0.2) is 48.5 Å². The molecule has 0 aliphatic heterocycles. The summed E-state index contributed by atoms with van der Waals surface area (Å²) in [6.07, 6.45) is 4.55. The SMILES string of the molecule is CCN(c1cc(Cl)cc(C(=O)NCc2c(C)[nH]c(Cl)cc2=O)c1C)C1CCC(N(C)C)CC1. The molecular formula is C25H34Cl2N4O2. The van der Waals surface area contributed by atoms with Crippen molar-refractivity contribution >= 4 is 34.8 Å². The van der Waals surface area contributed by atoms with Crippen molar-refractivity contribution in [2.75, 3.05) is 25.5 Å². The van der Waals surface area contributed by atoms with Crippen LogP contribution in [0.25, 0.3) is 0 Å². The molecule has 6 nitrogen and oxygen atoms in total. The number of benzene rings is 1. The molecule has 1 amide bonds. The topological polar surface area (TPSA) is 68.4 Å². The van der Waals surface area contributed by atoms with Crippen molar-refractivity contribution in [1.29, 1.82) is 0 Å². The fourth-order valence-electron chi connectivity index (χ4n) is 4.87. The number of halogens is 2. The number of nitrogens with one attached hydrogen (secondary N) is 2. The monoisotopic (exact) mass is 492 g/mol. The summed E-state index contributed by atoms with van der Waals surface area (Å²) in [6, 6.07) is 6.04. The zero-order valence-corrected chi connectivity index (χ0v) is 21.6. The number of H-pyrrole nitrogens is 1. The lowest BCUT2D eigenvalue weighted by Crippen LogP contribution is -2.42. The second-order valence-electron chi connectivity index (χ2n) is 9.08.